The SMILES string of the molecule is CC1OC(OCCNC(=O)CN(CC(=O)NCCOC2OC(COC3OC(CO)C(O)C(O)C3O)C(O)C(OC3OC(CO)C(O)C(O)C3O)C2O)C(=O)CCCCC(=O)On2c(O)ccc2O)C(O)C(O)C1O. The van der Waals surface area contributed by atoms with Crippen molar-refractivity contribution in [3.8, 4) is 11.8 Å². The molecule has 17 N–H and O–H groups in total. The molecule has 0 bridgehead atoms. The number of nitrogens with one attached hydrogen (secondary N) is 2. The lowest BCUT2D eigenvalue weighted by Crippen LogP contribution is -2.65. The van der Waals surface area contributed by atoms with E-state index in [2.05, 4.69) is 10.6 Å². The number of carbonyl (C=O) groups is 4. The van der Waals surface area contributed by atoms with Crippen LogP contribution < -0.4 is 15.5 Å². The summed E-state index contributed by atoms with van der Waals surface area (Å²) in [6, 6.07) is 2.15. The van der Waals surface area contributed by atoms with Gasteiger partial charge in [-0.25, -0.2) is 4.79 Å². The number of aromatic hydroxyl groups is 2. The van der Waals surface area contributed by atoms with Crippen LogP contribution in [0.4, 0.5) is 0 Å². The number of unbranched alkanes of at least 4 members (excludes halogenated alkanes) is 1. The van der Waals surface area contributed by atoms with Crippen LogP contribution in [0, 0.1) is 0 Å². The summed E-state index contributed by atoms with van der Waals surface area (Å²) in [5.74, 6) is -4.33. The second kappa shape index (κ2) is 28.3. The summed E-state index contributed by atoms with van der Waals surface area (Å²) in [5, 5.41) is 158. The Morgan fingerprint density at radius 1 is 0.568 bits per heavy atom. The van der Waals surface area contributed by atoms with Crippen molar-refractivity contribution in [3.63, 3.8) is 0 Å². The highest BCUT2D eigenvalue weighted by molar-refractivity contribution is 5.89. The van der Waals surface area contributed by atoms with Crippen LogP contribution in [0.2, 0.25) is 0 Å². The lowest BCUT2D eigenvalue weighted by atomic mass is 9.96. The topological polar surface area (TPSA) is 487 Å². The average Bonchev–Trinajstić information content (AvgIpc) is 3.69. The Morgan fingerprint density at radius 3 is 1.57 bits per heavy atom. The Labute approximate surface area is 420 Å². The molecule has 5 rings (SSSR count). The third kappa shape index (κ3) is 15.8. The second-order valence-electron chi connectivity index (χ2n) is 17.7. The Hall–Kier alpha value is -4.08. The van der Waals surface area contributed by atoms with Crippen molar-refractivity contribution in [2.75, 3.05) is 59.2 Å². The standard InChI is InChI=1S/C42H68N4O28/c1-17-27(55)31(59)34(62)39(69-17)66-10-8-43-21(49)12-45(23(51)4-2-3-5-26(54)74-46-24(52)6-7-25(46)53)13-22(50)44-9-11-67-41-37(65)38(73-42-36(64)33(61)29(57)19(15-48)71-42)30(58)20(72-41)16-68-40-35(63)32(60)28(56)18(14-47)70-40/h6-7,17-20,27-42,47-48,52-53,55-65H,2-5,8-16H2,1H3,(H,43,49)(H,44,50). The van der Waals surface area contributed by atoms with Gasteiger partial charge in [0.1, 0.15) is 105 Å². The van der Waals surface area contributed by atoms with Crippen molar-refractivity contribution in [3.05, 3.63) is 12.1 Å². The smallest absolute Gasteiger partial charge is 0.333 e. The van der Waals surface area contributed by atoms with Crippen LogP contribution in [-0.4, -0.2) is 292 Å². The lowest BCUT2D eigenvalue weighted by Gasteiger charge is -2.46. The van der Waals surface area contributed by atoms with Crippen molar-refractivity contribution >= 4 is 23.7 Å². The summed E-state index contributed by atoms with van der Waals surface area (Å²) < 4.78 is 44.5. The number of carbonyl (C=O) groups excluding carboxylic acids is 4. The minimum Gasteiger partial charge on any atom is -0.492 e. The van der Waals surface area contributed by atoms with Gasteiger partial charge in [0.05, 0.1) is 39.1 Å². The third-order valence-electron chi connectivity index (χ3n) is 12.3. The van der Waals surface area contributed by atoms with E-state index in [-0.39, 0.29) is 45.4 Å². The molecular formula is C42H68N4O28. The molecule has 32 nitrogen and oxygen atoms in total. The number of aliphatic hydroxyl groups excluding tert-OH is 13. The number of hydrogen-bond donors (Lipinski definition) is 17. The number of nitrogens with zero attached hydrogens (tertiary/aromatic N) is 2. The molecule has 20 unspecified atom stereocenters. The first-order valence-corrected chi connectivity index (χ1v) is 23.5. The van der Waals surface area contributed by atoms with E-state index in [0.29, 0.717) is 4.73 Å². The van der Waals surface area contributed by atoms with Crippen LogP contribution in [0.1, 0.15) is 32.6 Å². The lowest BCUT2D eigenvalue weighted by molar-refractivity contribution is -0.366. The van der Waals surface area contributed by atoms with E-state index < -0.39 is 198 Å². The molecule has 4 aliphatic rings. The number of ether oxygens (including phenoxy) is 8. The minimum atomic E-state index is -2.00. The predicted molar refractivity (Wildman–Crippen MR) is 234 cm³/mol. The molecule has 1 aromatic heterocycles. The van der Waals surface area contributed by atoms with Gasteiger partial charge in [0.25, 0.3) is 0 Å². The molecule has 4 aliphatic heterocycles. The molecule has 0 aromatic carbocycles. The predicted octanol–water partition coefficient (Wildman–Crippen LogP) is -10.2. The second-order valence-corrected chi connectivity index (χ2v) is 17.7. The molecule has 0 saturated carbocycles. The fraction of sp³-hybridized carbons (Fsp3) is 0.810. The van der Waals surface area contributed by atoms with Gasteiger partial charge in [-0.3, -0.25) is 14.4 Å². The Bertz CT molecular complexity index is 1910. The Balaban J connectivity index is 1.19. The highest BCUT2D eigenvalue weighted by atomic mass is 16.8. The van der Waals surface area contributed by atoms with Crippen molar-refractivity contribution in [2.45, 2.75) is 155 Å². The average molecular weight is 1080 g/mol. The van der Waals surface area contributed by atoms with E-state index in [1.807, 2.05) is 0 Å². The van der Waals surface area contributed by atoms with E-state index in [1.165, 1.54) is 6.92 Å². The monoisotopic (exact) mass is 1080 g/mol. The molecule has 4 fully saturated rings. The maximum atomic E-state index is 13.4. The molecule has 1 aromatic rings. The number of aliphatic hydroxyl groups is 13. The van der Waals surface area contributed by atoms with E-state index >= 15 is 0 Å². The molecule has 5 heterocycles. The fourth-order valence-corrected chi connectivity index (χ4v) is 7.99. The van der Waals surface area contributed by atoms with Gasteiger partial charge in [0.2, 0.25) is 29.5 Å². The van der Waals surface area contributed by atoms with Gasteiger partial charge in [0, 0.05) is 38.1 Å². The normalized spacial score (nSPS) is 36.5. The van der Waals surface area contributed by atoms with E-state index in [9.17, 15) is 95.8 Å². The van der Waals surface area contributed by atoms with Gasteiger partial charge in [-0.05, 0) is 19.8 Å². The Kier molecular flexibility index (Phi) is 23.3. The molecule has 0 aliphatic carbocycles. The molecule has 0 spiro atoms. The van der Waals surface area contributed by atoms with Crippen molar-refractivity contribution in [1.82, 2.24) is 20.3 Å². The number of amides is 3. The van der Waals surface area contributed by atoms with E-state index in [0.717, 1.165) is 17.0 Å². The van der Waals surface area contributed by atoms with Gasteiger partial charge in [-0.1, -0.05) is 0 Å². The zero-order chi connectivity index (χ0) is 54.6. The minimum absolute atomic E-state index is 0.0374. The van der Waals surface area contributed by atoms with Crippen molar-refractivity contribution in [2.24, 2.45) is 0 Å². The van der Waals surface area contributed by atoms with Crippen LogP contribution in [0.3, 0.4) is 0 Å². The Morgan fingerprint density at radius 2 is 1.03 bits per heavy atom. The van der Waals surface area contributed by atoms with E-state index in [4.69, 9.17) is 42.7 Å². The summed E-state index contributed by atoms with van der Waals surface area (Å²) in [5.41, 5.74) is 0. The first-order valence-electron chi connectivity index (χ1n) is 23.5. The van der Waals surface area contributed by atoms with Gasteiger partial charge in [-0.15, -0.1) is 4.73 Å². The van der Waals surface area contributed by atoms with Crippen LogP contribution in [0.5, 0.6) is 11.8 Å². The van der Waals surface area contributed by atoms with Crippen molar-refractivity contribution in [1.29, 1.82) is 0 Å². The van der Waals surface area contributed by atoms with Gasteiger partial charge in [-0.2, -0.15) is 0 Å². The summed E-state index contributed by atoms with van der Waals surface area (Å²) in [6.45, 7) is -3.72. The van der Waals surface area contributed by atoms with Crippen LogP contribution >= 0.6 is 0 Å². The number of rotatable bonds is 25. The summed E-state index contributed by atoms with van der Waals surface area (Å²) in [6.07, 6.45) is -34.1. The molecule has 20 atom stereocenters. The molecular weight excluding hydrogens is 1010 g/mol. The van der Waals surface area contributed by atoms with Crippen LogP contribution in [0.25, 0.3) is 0 Å². The van der Waals surface area contributed by atoms with Gasteiger partial charge in [0.15, 0.2) is 25.2 Å². The molecule has 74 heavy (non-hydrogen) atoms. The van der Waals surface area contributed by atoms with Crippen LogP contribution in [-0.2, 0) is 57.1 Å². The first kappa shape index (κ1) is 60.8. The third-order valence-corrected chi connectivity index (χ3v) is 12.3. The summed E-state index contributed by atoms with van der Waals surface area (Å²) in [4.78, 5) is 57.8. The van der Waals surface area contributed by atoms with Gasteiger partial charge >= 0.3 is 5.97 Å². The summed E-state index contributed by atoms with van der Waals surface area (Å²) >= 11 is 0. The van der Waals surface area contributed by atoms with Crippen molar-refractivity contribution < 1.29 is 139 Å². The number of hydrogen-bond acceptors (Lipinski definition) is 28. The maximum Gasteiger partial charge on any atom is 0.333 e. The first-order chi connectivity index (χ1) is 35.1. The molecule has 4 saturated heterocycles. The molecule has 0 radical (unpaired) electrons. The summed E-state index contributed by atoms with van der Waals surface area (Å²) in [7, 11) is 0. The van der Waals surface area contributed by atoms with E-state index in [1.54, 1.807) is 0 Å². The maximum absolute atomic E-state index is 13.4. The quantitative estimate of drug-likeness (QED) is 0.0404. The van der Waals surface area contributed by atoms with Crippen LogP contribution in [0.15, 0.2) is 12.1 Å². The highest BCUT2D eigenvalue weighted by Gasteiger charge is 2.52. The largest absolute Gasteiger partial charge is 0.492 e. The highest BCUT2D eigenvalue weighted by Crippen LogP contribution is 2.31. The van der Waals surface area contributed by atoms with Gasteiger partial charge < -0.3 is 135 Å². The molecule has 3 amide bonds. The zero-order valence-corrected chi connectivity index (χ0v) is 39.8. The molecule has 32 heteroatoms. The number of aromatic nitrogens is 1. The zero-order valence-electron chi connectivity index (χ0n) is 39.8. The molecule has 424 valence electrons. The fourth-order valence-electron chi connectivity index (χ4n) is 7.99.